The summed E-state index contributed by atoms with van der Waals surface area (Å²) < 4.78 is 21.5. The Morgan fingerprint density at radius 3 is 1.76 bits per heavy atom. The van der Waals surface area contributed by atoms with E-state index in [0.29, 0.717) is 28.2 Å². The first-order valence-electron chi connectivity index (χ1n) is 11.6. The Labute approximate surface area is 221 Å². The number of esters is 3. The number of carbonyl (C=O) groups excluding carboxylic acids is 3. The maximum Gasteiger partial charge on any atom is 0.339 e. The van der Waals surface area contributed by atoms with Crippen molar-refractivity contribution in [1.29, 1.82) is 0 Å². The summed E-state index contributed by atoms with van der Waals surface area (Å²) in [5.74, 6) is -0.304. The summed E-state index contributed by atoms with van der Waals surface area (Å²) in [4.78, 5) is 36.8. The molecule has 0 spiro atoms. The van der Waals surface area contributed by atoms with Gasteiger partial charge < -0.3 is 18.9 Å². The maximum atomic E-state index is 12.7. The second kappa shape index (κ2) is 12.4. The van der Waals surface area contributed by atoms with E-state index < -0.39 is 17.9 Å². The molecule has 0 aliphatic rings. The molecular formula is C31H28O7. The van der Waals surface area contributed by atoms with Gasteiger partial charge in [-0.15, -0.1) is 0 Å². The van der Waals surface area contributed by atoms with Gasteiger partial charge in [0.05, 0.1) is 7.11 Å². The predicted octanol–water partition coefficient (Wildman–Crippen LogP) is 6.33. The van der Waals surface area contributed by atoms with Gasteiger partial charge in [-0.1, -0.05) is 37.4 Å². The zero-order valence-corrected chi connectivity index (χ0v) is 21.7. The van der Waals surface area contributed by atoms with Crippen molar-refractivity contribution in [2.75, 3.05) is 7.11 Å². The third-order valence-electron chi connectivity index (χ3n) is 5.26. The summed E-state index contributed by atoms with van der Waals surface area (Å²) in [6, 6.07) is 18.6. The number of benzene rings is 3. The minimum Gasteiger partial charge on any atom is -0.497 e. The first kappa shape index (κ1) is 27.7. The largest absolute Gasteiger partial charge is 0.497 e. The van der Waals surface area contributed by atoms with Crippen LogP contribution in [-0.4, -0.2) is 25.0 Å². The van der Waals surface area contributed by atoms with Crippen LogP contribution in [0, 0.1) is 0 Å². The van der Waals surface area contributed by atoms with Crippen molar-refractivity contribution < 1.29 is 33.3 Å². The lowest BCUT2D eigenvalue weighted by Gasteiger charge is -2.13. The average molecular weight is 513 g/mol. The molecule has 0 saturated heterocycles. The lowest BCUT2D eigenvalue weighted by molar-refractivity contribution is -0.131. The molecule has 0 aliphatic heterocycles. The second-order valence-electron chi connectivity index (χ2n) is 8.51. The summed E-state index contributed by atoms with van der Waals surface area (Å²) in [6.07, 6.45) is 1.69. The average Bonchev–Trinajstić information content (AvgIpc) is 2.89. The lowest BCUT2D eigenvalue weighted by Crippen LogP contribution is -2.11. The van der Waals surface area contributed by atoms with E-state index in [9.17, 15) is 14.4 Å². The molecule has 0 N–H and O–H groups in total. The molecule has 0 radical (unpaired) electrons. The molecule has 0 amide bonds. The Hall–Kier alpha value is -4.91. The smallest absolute Gasteiger partial charge is 0.339 e. The summed E-state index contributed by atoms with van der Waals surface area (Å²) in [6.45, 7) is 11.9. The monoisotopic (exact) mass is 512 g/mol. The molecule has 0 saturated carbocycles. The van der Waals surface area contributed by atoms with E-state index in [1.807, 2.05) is 12.1 Å². The van der Waals surface area contributed by atoms with E-state index in [2.05, 4.69) is 13.2 Å². The molecule has 0 fully saturated rings. The maximum absolute atomic E-state index is 12.7. The van der Waals surface area contributed by atoms with Crippen molar-refractivity contribution in [3.63, 3.8) is 0 Å². The highest BCUT2D eigenvalue weighted by Crippen LogP contribution is 2.35. The first-order valence-corrected chi connectivity index (χ1v) is 11.6. The fourth-order valence-electron chi connectivity index (χ4n) is 3.17. The number of ether oxygens (including phenoxy) is 4. The summed E-state index contributed by atoms with van der Waals surface area (Å²) in [7, 11) is 1.58. The minimum absolute atomic E-state index is 0.173. The van der Waals surface area contributed by atoms with Crippen LogP contribution in [0.25, 0.3) is 17.2 Å². The zero-order valence-electron chi connectivity index (χ0n) is 21.7. The molecule has 0 bridgehead atoms. The van der Waals surface area contributed by atoms with Crippen LogP contribution in [0.1, 0.15) is 26.3 Å². The minimum atomic E-state index is -0.627. The lowest BCUT2D eigenvalue weighted by atomic mass is 10.0. The Morgan fingerprint density at radius 2 is 1.18 bits per heavy atom. The summed E-state index contributed by atoms with van der Waals surface area (Å²) >= 11 is 0. The van der Waals surface area contributed by atoms with Crippen molar-refractivity contribution >= 4 is 24.0 Å². The van der Waals surface area contributed by atoms with E-state index in [1.54, 1.807) is 75.6 Å². The van der Waals surface area contributed by atoms with E-state index in [0.717, 1.165) is 5.56 Å². The quantitative estimate of drug-likeness (QED) is 0.188. The SMILES string of the molecule is C=C(C)C(=O)Oc1ccc(-c2ccc(OC(=O)/C(C)=C/c3ccc(OC)cc3)cc2OC(=O)C(=C)C)cc1. The van der Waals surface area contributed by atoms with Crippen LogP contribution in [0.3, 0.4) is 0 Å². The highest BCUT2D eigenvalue weighted by atomic mass is 16.5. The number of rotatable bonds is 9. The standard InChI is InChI=1S/C31H28O7/c1-19(2)29(32)36-25-13-9-23(10-14-25)27-16-15-26(18-28(27)38-30(33)20(3)4)37-31(34)21(5)17-22-7-11-24(35-6)12-8-22/h7-18H,1,3H2,2,4-6H3/b21-17+. The van der Waals surface area contributed by atoms with Crippen molar-refractivity contribution in [2.45, 2.75) is 20.8 Å². The van der Waals surface area contributed by atoms with E-state index in [-0.39, 0.29) is 22.6 Å². The summed E-state index contributed by atoms with van der Waals surface area (Å²) in [5, 5.41) is 0. The third-order valence-corrected chi connectivity index (χ3v) is 5.26. The highest BCUT2D eigenvalue weighted by Gasteiger charge is 2.16. The van der Waals surface area contributed by atoms with Gasteiger partial charge in [-0.2, -0.15) is 0 Å². The van der Waals surface area contributed by atoms with Crippen LogP contribution in [0.15, 0.2) is 96.6 Å². The van der Waals surface area contributed by atoms with Crippen molar-refractivity contribution in [3.05, 3.63) is 102 Å². The highest BCUT2D eigenvalue weighted by molar-refractivity contribution is 5.95. The molecule has 0 heterocycles. The van der Waals surface area contributed by atoms with Crippen molar-refractivity contribution in [3.8, 4) is 34.1 Å². The molecule has 3 aromatic carbocycles. The number of hydrogen-bond acceptors (Lipinski definition) is 7. The fourth-order valence-corrected chi connectivity index (χ4v) is 3.17. The Balaban J connectivity index is 1.86. The van der Waals surface area contributed by atoms with Crippen LogP contribution in [0.5, 0.6) is 23.0 Å². The van der Waals surface area contributed by atoms with Crippen LogP contribution in [0.4, 0.5) is 0 Å². The molecule has 0 aliphatic carbocycles. The van der Waals surface area contributed by atoms with Gasteiger partial charge in [0.25, 0.3) is 0 Å². The number of carbonyl (C=O) groups is 3. The topological polar surface area (TPSA) is 88.1 Å². The van der Waals surface area contributed by atoms with Gasteiger partial charge in [0.15, 0.2) is 0 Å². The van der Waals surface area contributed by atoms with Crippen molar-refractivity contribution in [2.24, 2.45) is 0 Å². The normalized spacial score (nSPS) is 10.8. The molecular weight excluding hydrogens is 484 g/mol. The molecule has 7 heteroatoms. The Bertz CT molecular complexity index is 1410. The first-order chi connectivity index (χ1) is 18.1. The number of hydrogen-bond donors (Lipinski definition) is 0. The van der Waals surface area contributed by atoms with Crippen LogP contribution < -0.4 is 18.9 Å². The fraction of sp³-hybridized carbons (Fsp3) is 0.129. The Kier molecular flexibility index (Phi) is 9.00. The summed E-state index contributed by atoms with van der Waals surface area (Å²) in [5.41, 5.74) is 2.91. The van der Waals surface area contributed by atoms with Gasteiger partial charge in [0.2, 0.25) is 0 Å². The third kappa shape index (κ3) is 7.30. The molecule has 7 nitrogen and oxygen atoms in total. The van der Waals surface area contributed by atoms with Crippen LogP contribution in [-0.2, 0) is 14.4 Å². The van der Waals surface area contributed by atoms with Crippen LogP contribution in [0.2, 0.25) is 0 Å². The van der Waals surface area contributed by atoms with Gasteiger partial charge in [0.1, 0.15) is 23.0 Å². The Morgan fingerprint density at radius 1 is 0.658 bits per heavy atom. The molecule has 38 heavy (non-hydrogen) atoms. The molecule has 194 valence electrons. The van der Waals surface area contributed by atoms with Gasteiger partial charge >= 0.3 is 17.9 Å². The molecule has 0 atom stereocenters. The van der Waals surface area contributed by atoms with Gasteiger partial charge in [0, 0.05) is 28.3 Å². The van der Waals surface area contributed by atoms with Crippen molar-refractivity contribution in [1.82, 2.24) is 0 Å². The van der Waals surface area contributed by atoms with E-state index in [4.69, 9.17) is 18.9 Å². The second-order valence-corrected chi connectivity index (χ2v) is 8.51. The molecule has 0 aromatic heterocycles. The van der Waals surface area contributed by atoms with Gasteiger partial charge in [-0.25, -0.2) is 14.4 Å². The number of methoxy groups -OCH3 is 1. The molecule has 3 rings (SSSR count). The van der Waals surface area contributed by atoms with Crippen LogP contribution >= 0.6 is 0 Å². The predicted molar refractivity (Wildman–Crippen MR) is 145 cm³/mol. The van der Waals surface area contributed by atoms with E-state index in [1.165, 1.54) is 13.0 Å². The van der Waals surface area contributed by atoms with Gasteiger partial charge in [-0.3, -0.25) is 0 Å². The van der Waals surface area contributed by atoms with Gasteiger partial charge in [-0.05, 0) is 74.4 Å². The molecule has 0 unspecified atom stereocenters. The molecule has 3 aromatic rings. The van der Waals surface area contributed by atoms with E-state index >= 15 is 0 Å². The zero-order chi connectivity index (χ0) is 27.8.